The molecule has 1 aliphatic heterocycles. The summed E-state index contributed by atoms with van der Waals surface area (Å²) < 4.78 is 44.4. The molecule has 174 valence electrons. The topological polar surface area (TPSA) is 147 Å². The summed E-state index contributed by atoms with van der Waals surface area (Å²) in [7, 11) is -3.33. The monoisotopic (exact) mass is 468 g/mol. The maximum Gasteiger partial charge on any atom is 0.324 e. The van der Waals surface area contributed by atoms with Crippen LogP contribution in [-0.4, -0.2) is 70.5 Å². The summed E-state index contributed by atoms with van der Waals surface area (Å²) in [5, 5.41) is 15.3. The lowest BCUT2D eigenvalue weighted by atomic mass is 10.0. The van der Waals surface area contributed by atoms with Crippen LogP contribution in [0.1, 0.15) is 43.5 Å². The fraction of sp³-hybridized carbons (Fsp3) is 0.526. The summed E-state index contributed by atoms with van der Waals surface area (Å²) in [6.45, 7) is 2.15. The molecule has 0 unspecified atom stereocenters. The minimum atomic E-state index is -3.33. The fourth-order valence-corrected chi connectivity index (χ4v) is 5.11. The van der Waals surface area contributed by atoms with Gasteiger partial charge in [0.15, 0.2) is 28.0 Å². The largest absolute Gasteiger partial charge is 0.482 e. The van der Waals surface area contributed by atoms with E-state index in [1.165, 1.54) is 17.0 Å². The van der Waals surface area contributed by atoms with Crippen molar-refractivity contribution in [1.82, 2.24) is 30.8 Å². The molecule has 1 saturated heterocycles. The van der Waals surface area contributed by atoms with Crippen LogP contribution in [0.4, 0.5) is 9.18 Å². The van der Waals surface area contributed by atoms with Gasteiger partial charge in [0.2, 0.25) is 11.7 Å². The first-order valence-corrected chi connectivity index (χ1v) is 12.0. The number of aromatic nitrogens is 4. The lowest BCUT2D eigenvalue weighted by Gasteiger charge is -2.15. The molecule has 2 N–H and O–H groups in total. The molecule has 13 heteroatoms. The van der Waals surface area contributed by atoms with E-state index >= 15 is 0 Å². The number of unbranched alkanes of at least 4 members (excludes halogenated alkanes) is 2. The van der Waals surface area contributed by atoms with Crippen molar-refractivity contribution in [2.24, 2.45) is 0 Å². The Morgan fingerprint density at radius 1 is 1.25 bits per heavy atom. The molecule has 0 saturated carbocycles. The van der Waals surface area contributed by atoms with Crippen LogP contribution in [0.3, 0.4) is 0 Å². The van der Waals surface area contributed by atoms with Crippen LogP contribution < -0.4 is 10.1 Å². The van der Waals surface area contributed by atoms with Crippen molar-refractivity contribution >= 4 is 21.8 Å². The van der Waals surface area contributed by atoms with Crippen LogP contribution in [0.2, 0.25) is 0 Å². The number of rotatable bonds is 12. The zero-order chi connectivity index (χ0) is 23.1. The number of imide groups is 1. The van der Waals surface area contributed by atoms with Gasteiger partial charge >= 0.3 is 6.03 Å². The Kier molecular flexibility index (Phi) is 7.72. The van der Waals surface area contributed by atoms with Gasteiger partial charge in [-0.05, 0) is 36.5 Å². The number of H-pyrrole nitrogens is 1. The Bertz CT molecular complexity index is 1050. The zero-order valence-corrected chi connectivity index (χ0v) is 18.4. The number of aromatic amines is 1. The number of carbonyl (C=O) groups excluding carboxylic acids is 2. The summed E-state index contributed by atoms with van der Waals surface area (Å²) in [5.74, 6) is -1.05. The second kappa shape index (κ2) is 10.5. The molecule has 0 spiro atoms. The number of sulfone groups is 1. The number of carbonyl (C=O) groups is 2. The van der Waals surface area contributed by atoms with Gasteiger partial charge in [-0.1, -0.05) is 24.6 Å². The second-order valence-corrected chi connectivity index (χ2v) is 9.89. The first kappa shape index (κ1) is 23.6. The highest BCUT2D eigenvalue weighted by atomic mass is 32.2. The zero-order valence-electron chi connectivity index (χ0n) is 17.6. The summed E-state index contributed by atoms with van der Waals surface area (Å²) >= 11 is 0. The van der Waals surface area contributed by atoms with Crippen molar-refractivity contribution in [1.29, 1.82) is 0 Å². The normalized spacial score (nSPS) is 15.1. The molecule has 32 heavy (non-hydrogen) atoms. The predicted octanol–water partition coefficient (Wildman–Crippen LogP) is 1.16. The van der Waals surface area contributed by atoms with E-state index in [9.17, 15) is 22.4 Å². The Morgan fingerprint density at radius 3 is 2.75 bits per heavy atom. The SMILES string of the molecule is C[C@@H](CS(=O)(=O)CCCCCN1CC(=O)NC1=O)c1ccc(F)c(OCc2nn[nH]n2)c1. The smallest absolute Gasteiger partial charge is 0.324 e. The number of benzene rings is 1. The Hall–Kier alpha value is -3.09. The Balaban J connectivity index is 1.45. The highest BCUT2D eigenvalue weighted by Crippen LogP contribution is 2.26. The number of hydrogen-bond acceptors (Lipinski definition) is 8. The first-order valence-electron chi connectivity index (χ1n) is 10.2. The molecule has 2 heterocycles. The number of tetrazole rings is 1. The molecule has 1 atom stereocenters. The number of nitrogens with one attached hydrogen (secondary N) is 2. The average molecular weight is 469 g/mol. The Morgan fingerprint density at radius 2 is 2.06 bits per heavy atom. The van der Waals surface area contributed by atoms with E-state index in [0.717, 1.165) is 0 Å². The predicted molar refractivity (Wildman–Crippen MR) is 111 cm³/mol. The van der Waals surface area contributed by atoms with Crippen LogP contribution in [0.5, 0.6) is 5.75 Å². The number of urea groups is 1. The van der Waals surface area contributed by atoms with Gasteiger partial charge < -0.3 is 9.64 Å². The van der Waals surface area contributed by atoms with Crippen LogP contribution in [0.15, 0.2) is 18.2 Å². The van der Waals surface area contributed by atoms with E-state index in [2.05, 4.69) is 25.9 Å². The van der Waals surface area contributed by atoms with E-state index in [1.807, 2.05) is 0 Å². The van der Waals surface area contributed by atoms with Crippen LogP contribution in [0, 0.1) is 5.82 Å². The van der Waals surface area contributed by atoms with Gasteiger partial charge in [-0.15, -0.1) is 10.2 Å². The van der Waals surface area contributed by atoms with Gasteiger partial charge in [0.25, 0.3) is 0 Å². The molecule has 0 radical (unpaired) electrons. The van der Waals surface area contributed by atoms with Crippen molar-refractivity contribution in [3.05, 3.63) is 35.4 Å². The molecule has 2 aromatic rings. The van der Waals surface area contributed by atoms with E-state index < -0.39 is 21.7 Å². The summed E-state index contributed by atoms with van der Waals surface area (Å²) in [6, 6.07) is 3.86. The van der Waals surface area contributed by atoms with Crippen molar-refractivity contribution in [2.75, 3.05) is 24.6 Å². The standard InChI is InChI=1S/C19H25FN6O5S/c1-13(14-5-6-15(20)16(9-14)31-11-17-22-24-25-23-17)12-32(29,30)8-4-2-3-7-26-10-18(27)21-19(26)28/h5-6,9,13H,2-4,7-8,10-12H2,1H3,(H,21,27,28)(H,22,23,24,25)/t13-/m0/s1. The average Bonchev–Trinajstić information content (AvgIpc) is 3.35. The molecule has 1 fully saturated rings. The first-order chi connectivity index (χ1) is 15.2. The maximum atomic E-state index is 14.0. The highest BCUT2D eigenvalue weighted by molar-refractivity contribution is 7.91. The number of halogens is 1. The number of nitrogens with zero attached hydrogens (tertiary/aromatic N) is 4. The number of amides is 3. The van der Waals surface area contributed by atoms with Gasteiger partial charge in [0.05, 0.1) is 11.5 Å². The van der Waals surface area contributed by atoms with E-state index in [-0.39, 0.29) is 48.1 Å². The van der Waals surface area contributed by atoms with E-state index in [1.54, 1.807) is 13.0 Å². The highest BCUT2D eigenvalue weighted by Gasteiger charge is 2.25. The Labute approximate surface area is 184 Å². The van der Waals surface area contributed by atoms with Gasteiger partial charge in [0, 0.05) is 6.54 Å². The van der Waals surface area contributed by atoms with Crippen molar-refractivity contribution in [2.45, 2.75) is 38.7 Å². The van der Waals surface area contributed by atoms with Gasteiger partial charge in [-0.25, -0.2) is 17.6 Å². The molecule has 3 amide bonds. The third kappa shape index (κ3) is 6.70. The summed E-state index contributed by atoms with van der Waals surface area (Å²) in [6.07, 6.45) is 1.70. The van der Waals surface area contributed by atoms with Crippen molar-refractivity contribution in [3.63, 3.8) is 0 Å². The summed E-state index contributed by atoms with van der Waals surface area (Å²) in [5.41, 5.74) is 0.641. The fourth-order valence-electron chi connectivity index (χ4n) is 3.35. The van der Waals surface area contributed by atoms with Crippen molar-refractivity contribution in [3.8, 4) is 5.75 Å². The molecular weight excluding hydrogens is 443 g/mol. The molecule has 1 aromatic heterocycles. The molecule has 1 aromatic carbocycles. The molecule has 3 rings (SSSR count). The third-order valence-electron chi connectivity index (χ3n) is 5.03. The van der Waals surface area contributed by atoms with Gasteiger partial charge in [0.1, 0.15) is 6.54 Å². The lowest BCUT2D eigenvalue weighted by Crippen LogP contribution is -2.29. The van der Waals surface area contributed by atoms with E-state index in [0.29, 0.717) is 31.4 Å². The van der Waals surface area contributed by atoms with Crippen LogP contribution in [-0.2, 0) is 21.2 Å². The maximum absolute atomic E-state index is 14.0. The second-order valence-electron chi connectivity index (χ2n) is 7.66. The minimum Gasteiger partial charge on any atom is -0.482 e. The number of ether oxygens (including phenoxy) is 1. The lowest BCUT2D eigenvalue weighted by molar-refractivity contribution is -0.118. The molecule has 0 bridgehead atoms. The third-order valence-corrected chi connectivity index (χ3v) is 6.94. The minimum absolute atomic E-state index is 0.0130. The molecular formula is C19H25FN6O5S. The molecule has 1 aliphatic rings. The van der Waals surface area contributed by atoms with Crippen LogP contribution in [0.25, 0.3) is 0 Å². The number of hydrogen-bond donors (Lipinski definition) is 2. The summed E-state index contributed by atoms with van der Waals surface area (Å²) in [4.78, 5) is 24.0. The molecule has 0 aliphatic carbocycles. The van der Waals surface area contributed by atoms with Gasteiger partial charge in [-0.3, -0.25) is 10.1 Å². The van der Waals surface area contributed by atoms with Crippen molar-refractivity contribution < 1.29 is 27.1 Å². The van der Waals surface area contributed by atoms with Gasteiger partial charge in [-0.2, -0.15) is 5.21 Å². The van der Waals surface area contributed by atoms with Crippen LogP contribution >= 0.6 is 0 Å². The quantitative estimate of drug-likeness (QED) is 0.348. The van der Waals surface area contributed by atoms with E-state index in [4.69, 9.17) is 4.74 Å². The molecule has 11 nitrogen and oxygen atoms in total.